The summed E-state index contributed by atoms with van der Waals surface area (Å²) in [4.78, 5) is 29.7. The van der Waals surface area contributed by atoms with Crippen LogP contribution in [0.4, 0.5) is 0 Å². The van der Waals surface area contributed by atoms with Crippen molar-refractivity contribution in [1.29, 1.82) is 0 Å². The number of aromatic nitrogens is 2. The predicted octanol–water partition coefficient (Wildman–Crippen LogP) is 2.82. The molecule has 26 heavy (non-hydrogen) atoms. The zero-order valence-electron chi connectivity index (χ0n) is 14.0. The van der Waals surface area contributed by atoms with Crippen LogP contribution in [0.2, 0.25) is 5.02 Å². The number of aliphatic carboxylic acids is 1. The lowest BCUT2D eigenvalue weighted by Crippen LogP contribution is -2.40. The number of halogens is 1. The normalized spacial score (nSPS) is 25.1. The Morgan fingerprint density at radius 1 is 1.23 bits per heavy atom. The van der Waals surface area contributed by atoms with Crippen LogP contribution >= 0.6 is 11.6 Å². The first-order chi connectivity index (χ1) is 12.5. The van der Waals surface area contributed by atoms with Crippen molar-refractivity contribution >= 4 is 23.5 Å². The van der Waals surface area contributed by atoms with Gasteiger partial charge in [0.2, 0.25) is 17.6 Å². The molecule has 2 aliphatic rings. The number of amides is 1. The number of nitrogens with zero attached hydrogens (tertiary/aromatic N) is 3. The molecule has 1 aliphatic heterocycles. The number of carboxylic acid groups (broad SMARTS) is 1. The molecule has 1 aromatic carbocycles. The fraction of sp³-hybridized carbons (Fsp3) is 0.444. The maximum atomic E-state index is 12.5. The van der Waals surface area contributed by atoms with Crippen molar-refractivity contribution in [3.8, 4) is 11.4 Å². The lowest BCUT2D eigenvalue weighted by Gasteiger charge is -2.31. The Labute approximate surface area is 154 Å². The summed E-state index contributed by atoms with van der Waals surface area (Å²) in [5.41, 5.74) is 0.815. The number of hydrogen-bond donors (Lipinski definition) is 1. The molecule has 2 fully saturated rings. The molecule has 1 N–H and O–H groups in total. The molecule has 1 saturated heterocycles. The Hall–Kier alpha value is -2.41. The van der Waals surface area contributed by atoms with Crippen LogP contribution in [0.5, 0.6) is 0 Å². The summed E-state index contributed by atoms with van der Waals surface area (Å²) in [6.07, 6.45) is 2.13. The highest BCUT2D eigenvalue weighted by molar-refractivity contribution is 6.30. The lowest BCUT2D eigenvalue weighted by atomic mass is 9.97. The van der Waals surface area contributed by atoms with Crippen LogP contribution in [0.3, 0.4) is 0 Å². The predicted molar refractivity (Wildman–Crippen MR) is 92.5 cm³/mol. The van der Waals surface area contributed by atoms with Gasteiger partial charge < -0.3 is 14.5 Å². The first-order valence-electron chi connectivity index (χ1n) is 8.64. The number of benzene rings is 1. The number of carboxylic acids is 1. The minimum Gasteiger partial charge on any atom is -0.481 e. The van der Waals surface area contributed by atoms with Crippen LogP contribution < -0.4 is 0 Å². The van der Waals surface area contributed by atoms with E-state index in [1.54, 1.807) is 17.0 Å². The second-order valence-corrected chi connectivity index (χ2v) is 7.31. The average Bonchev–Trinajstić information content (AvgIpc) is 3.31. The van der Waals surface area contributed by atoms with Gasteiger partial charge in [0.05, 0.1) is 17.8 Å². The molecule has 0 bridgehead atoms. The lowest BCUT2D eigenvalue weighted by molar-refractivity contribution is -0.142. The number of carbonyl (C=O) groups excluding carboxylic acids is 1. The molecule has 3 atom stereocenters. The van der Waals surface area contributed by atoms with E-state index in [2.05, 4.69) is 10.1 Å². The van der Waals surface area contributed by atoms with Crippen molar-refractivity contribution in [1.82, 2.24) is 15.0 Å². The third kappa shape index (κ3) is 3.31. The van der Waals surface area contributed by atoms with Crippen LogP contribution in [-0.2, 0) is 9.59 Å². The van der Waals surface area contributed by atoms with Gasteiger partial charge in [-0.1, -0.05) is 16.8 Å². The first kappa shape index (κ1) is 17.0. The number of piperidine rings is 1. The number of rotatable bonds is 4. The van der Waals surface area contributed by atoms with Gasteiger partial charge in [-0.15, -0.1) is 0 Å². The van der Waals surface area contributed by atoms with E-state index < -0.39 is 11.9 Å². The molecule has 1 amide bonds. The number of hydrogen-bond acceptors (Lipinski definition) is 5. The summed E-state index contributed by atoms with van der Waals surface area (Å²) in [6, 6.07) is 7.19. The molecular weight excluding hydrogens is 358 g/mol. The van der Waals surface area contributed by atoms with Gasteiger partial charge in [0, 0.05) is 23.7 Å². The fourth-order valence-electron chi connectivity index (χ4n) is 3.47. The molecule has 1 aliphatic carbocycles. The van der Waals surface area contributed by atoms with E-state index in [0.717, 1.165) is 18.4 Å². The Bertz CT molecular complexity index is 835. The van der Waals surface area contributed by atoms with Gasteiger partial charge in [-0.3, -0.25) is 9.59 Å². The van der Waals surface area contributed by atoms with E-state index in [4.69, 9.17) is 21.2 Å². The van der Waals surface area contributed by atoms with E-state index in [0.29, 0.717) is 36.2 Å². The topological polar surface area (TPSA) is 96.5 Å². The van der Waals surface area contributed by atoms with Gasteiger partial charge in [-0.2, -0.15) is 4.98 Å². The highest BCUT2D eigenvalue weighted by Crippen LogP contribution is 2.41. The zero-order chi connectivity index (χ0) is 18.3. The molecule has 1 aromatic heterocycles. The van der Waals surface area contributed by atoms with Crippen molar-refractivity contribution in [2.75, 3.05) is 13.1 Å². The van der Waals surface area contributed by atoms with E-state index in [9.17, 15) is 9.59 Å². The van der Waals surface area contributed by atoms with Crippen LogP contribution in [0, 0.1) is 11.8 Å². The first-order valence-corrected chi connectivity index (χ1v) is 9.02. The van der Waals surface area contributed by atoms with E-state index in [1.165, 1.54) is 0 Å². The zero-order valence-corrected chi connectivity index (χ0v) is 14.7. The standard InChI is InChI=1S/C18H18ClN3O4/c19-12-5-3-10(4-6-12)15-20-16(26-21-15)11-2-1-7-22(9-11)17(23)13-8-14(13)18(24)25/h3-6,11,13-14H,1-2,7-9H2,(H,24,25)/t11-,13+,14+/m0/s1. The summed E-state index contributed by atoms with van der Waals surface area (Å²) in [7, 11) is 0. The van der Waals surface area contributed by atoms with Gasteiger partial charge in [-0.05, 0) is 43.5 Å². The second kappa shape index (κ2) is 6.72. The van der Waals surface area contributed by atoms with Gasteiger partial charge in [0.1, 0.15) is 0 Å². The molecular formula is C18H18ClN3O4. The second-order valence-electron chi connectivity index (χ2n) is 6.87. The minimum absolute atomic E-state index is 0.0247. The Morgan fingerprint density at radius 2 is 2.00 bits per heavy atom. The van der Waals surface area contributed by atoms with E-state index in [1.807, 2.05) is 12.1 Å². The maximum absolute atomic E-state index is 12.5. The molecule has 2 heterocycles. The summed E-state index contributed by atoms with van der Waals surface area (Å²) >= 11 is 5.89. The van der Waals surface area contributed by atoms with Gasteiger partial charge in [0.25, 0.3) is 0 Å². The molecule has 0 unspecified atom stereocenters. The molecule has 7 nitrogen and oxygen atoms in total. The average molecular weight is 376 g/mol. The Balaban J connectivity index is 1.44. The van der Waals surface area contributed by atoms with Crippen molar-refractivity contribution in [3.05, 3.63) is 35.2 Å². The van der Waals surface area contributed by atoms with Gasteiger partial charge in [-0.25, -0.2) is 0 Å². The molecule has 8 heteroatoms. The fourth-order valence-corrected chi connectivity index (χ4v) is 3.60. The van der Waals surface area contributed by atoms with Crippen molar-refractivity contribution in [2.24, 2.45) is 11.8 Å². The molecule has 136 valence electrons. The summed E-state index contributed by atoms with van der Waals surface area (Å²) in [5.74, 6) is -0.878. The smallest absolute Gasteiger partial charge is 0.307 e. The summed E-state index contributed by atoms with van der Waals surface area (Å²) in [5, 5.41) is 13.7. The SMILES string of the molecule is O=C(O)[C@@H]1C[C@H]1C(=O)N1CCC[C@H](c2nc(-c3ccc(Cl)cc3)no2)C1. The van der Waals surface area contributed by atoms with Crippen LogP contribution in [-0.4, -0.2) is 45.1 Å². The van der Waals surface area contributed by atoms with Crippen molar-refractivity contribution in [3.63, 3.8) is 0 Å². The molecule has 2 aromatic rings. The molecule has 0 radical (unpaired) electrons. The summed E-state index contributed by atoms with van der Waals surface area (Å²) < 4.78 is 5.43. The quantitative estimate of drug-likeness (QED) is 0.882. The van der Waals surface area contributed by atoms with E-state index in [-0.39, 0.29) is 17.7 Å². The van der Waals surface area contributed by atoms with Gasteiger partial charge in [0.15, 0.2) is 0 Å². The number of carbonyl (C=O) groups is 2. The Kier molecular flexibility index (Phi) is 4.40. The van der Waals surface area contributed by atoms with Crippen LogP contribution in [0.15, 0.2) is 28.8 Å². The maximum Gasteiger partial charge on any atom is 0.307 e. The largest absolute Gasteiger partial charge is 0.481 e. The van der Waals surface area contributed by atoms with Crippen LogP contribution in [0.25, 0.3) is 11.4 Å². The molecule has 0 spiro atoms. The third-order valence-corrected chi connectivity index (χ3v) is 5.30. The monoisotopic (exact) mass is 375 g/mol. The Morgan fingerprint density at radius 3 is 2.69 bits per heavy atom. The van der Waals surface area contributed by atoms with Crippen LogP contribution in [0.1, 0.15) is 31.1 Å². The molecule has 4 rings (SSSR count). The van der Waals surface area contributed by atoms with Gasteiger partial charge >= 0.3 is 5.97 Å². The highest BCUT2D eigenvalue weighted by atomic mass is 35.5. The minimum atomic E-state index is -0.888. The highest BCUT2D eigenvalue weighted by Gasteiger charge is 2.50. The molecule has 1 saturated carbocycles. The van der Waals surface area contributed by atoms with Crippen molar-refractivity contribution < 1.29 is 19.2 Å². The van der Waals surface area contributed by atoms with E-state index >= 15 is 0 Å². The third-order valence-electron chi connectivity index (χ3n) is 5.05. The summed E-state index contributed by atoms with van der Waals surface area (Å²) in [6.45, 7) is 1.14. The number of likely N-dealkylation sites (tertiary alicyclic amines) is 1. The van der Waals surface area contributed by atoms with Crippen molar-refractivity contribution in [2.45, 2.75) is 25.2 Å².